The molecule has 1 saturated heterocycles. The standard InChI is InChI=1S/C19H24N2O/c22-19-8-6-17(7-9-19)21(18-10-13-20-14-11-18)15-12-16-4-2-1-3-5-16/h1-9,18,20,22H,10-15H2. The molecule has 1 fully saturated rings. The van der Waals surface area contributed by atoms with Gasteiger partial charge in [-0.1, -0.05) is 30.3 Å². The van der Waals surface area contributed by atoms with Crippen molar-refractivity contribution in [3.63, 3.8) is 0 Å². The second-order valence-corrected chi connectivity index (χ2v) is 5.93. The zero-order valence-electron chi connectivity index (χ0n) is 12.9. The molecule has 1 aliphatic rings. The van der Waals surface area contributed by atoms with Gasteiger partial charge in [0.2, 0.25) is 0 Å². The van der Waals surface area contributed by atoms with Crippen molar-refractivity contribution in [3.8, 4) is 5.75 Å². The van der Waals surface area contributed by atoms with Crippen LogP contribution in [0.5, 0.6) is 5.75 Å². The molecule has 0 unspecified atom stereocenters. The van der Waals surface area contributed by atoms with Gasteiger partial charge >= 0.3 is 0 Å². The van der Waals surface area contributed by atoms with E-state index < -0.39 is 0 Å². The van der Waals surface area contributed by atoms with E-state index in [1.807, 2.05) is 12.1 Å². The predicted octanol–water partition coefficient (Wildman–Crippen LogP) is 3.19. The number of phenols is 1. The molecular formula is C19H24N2O. The summed E-state index contributed by atoms with van der Waals surface area (Å²) in [4.78, 5) is 2.51. The van der Waals surface area contributed by atoms with Crippen LogP contribution in [-0.2, 0) is 6.42 Å². The molecule has 0 saturated carbocycles. The molecule has 22 heavy (non-hydrogen) atoms. The number of hydrogen-bond acceptors (Lipinski definition) is 3. The Hall–Kier alpha value is -2.00. The summed E-state index contributed by atoms with van der Waals surface area (Å²) in [5.41, 5.74) is 2.58. The Morgan fingerprint density at radius 2 is 1.64 bits per heavy atom. The molecule has 1 aliphatic heterocycles. The highest BCUT2D eigenvalue weighted by atomic mass is 16.3. The number of phenolic OH excluding ortho intramolecular Hbond substituents is 1. The Morgan fingerprint density at radius 1 is 0.955 bits per heavy atom. The van der Waals surface area contributed by atoms with E-state index in [4.69, 9.17) is 0 Å². The molecule has 3 heteroatoms. The topological polar surface area (TPSA) is 35.5 Å². The van der Waals surface area contributed by atoms with Gasteiger partial charge in [-0.05, 0) is 62.2 Å². The van der Waals surface area contributed by atoms with E-state index in [1.54, 1.807) is 12.1 Å². The molecule has 0 aromatic heterocycles. The predicted molar refractivity (Wildman–Crippen MR) is 91.5 cm³/mol. The van der Waals surface area contributed by atoms with Crippen molar-refractivity contribution in [1.82, 2.24) is 5.32 Å². The lowest BCUT2D eigenvalue weighted by molar-refractivity contribution is 0.429. The molecule has 0 aliphatic carbocycles. The van der Waals surface area contributed by atoms with Crippen LogP contribution in [0, 0.1) is 0 Å². The molecule has 0 spiro atoms. The Morgan fingerprint density at radius 3 is 2.32 bits per heavy atom. The van der Waals surface area contributed by atoms with Crippen LogP contribution in [0.4, 0.5) is 5.69 Å². The average molecular weight is 296 g/mol. The monoisotopic (exact) mass is 296 g/mol. The van der Waals surface area contributed by atoms with Crippen molar-refractivity contribution in [2.24, 2.45) is 0 Å². The number of nitrogens with one attached hydrogen (secondary N) is 1. The van der Waals surface area contributed by atoms with E-state index in [0.29, 0.717) is 11.8 Å². The molecule has 2 N–H and O–H groups in total. The summed E-state index contributed by atoms with van der Waals surface area (Å²) < 4.78 is 0. The van der Waals surface area contributed by atoms with Gasteiger partial charge in [0.15, 0.2) is 0 Å². The van der Waals surface area contributed by atoms with Crippen molar-refractivity contribution in [2.75, 3.05) is 24.5 Å². The summed E-state index contributed by atoms with van der Waals surface area (Å²) in [6.07, 6.45) is 3.40. The van der Waals surface area contributed by atoms with Crippen LogP contribution in [-0.4, -0.2) is 30.8 Å². The van der Waals surface area contributed by atoms with Crippen molar-refractivity contribution in [3.05, 3.63) is 60.2 Å². The minimum atomic E-state index is 0.331. The quantitative estimate of drug-likeness (QED) is 0.889. The fraction of sp³-hybridized carbons (Fsp3) is 0.368. The first kappa shape index (κ1) is 14.9. The third kappa shape index (κ3) is 3.80. The highest BCUT2D eigenvalue weighted by molar-refractivity contribution is 5.50. The van der Waals surface area contributed by atoms with Crippen LogP contribution in [0.1, 0.15) is 18.4 Å². The van der Waals surface area contributed by atoms with E-state index in [2.05, 4.69) is 40.5 Å². The second-order valence-electron chi connectivity index (χ2n) is 5.93. The van der Waals surface area contributed by atoms with Crippen LogP contribution in [0.3, 0.4) is 0 Å². The van der Waals surface area contributed by atoms with Crippen LogP contribution in [0.15, 0.2) is 54.6 Å². The SMILES string of the molecule is Oc1ccc(N(CCc2ccccc2)C2CCNCC2)cc1. The smallest absolute Gasteiger partial charge is 0.115 e. The van der Waals surface area contributed by atoms with Crippen LogP contribution >= 0.6 is 0 Å². The third-order valence-corrected chi connectivity index (χ3v) is 4.42. The van der Waals surface area contributed by atoms with Gasteiger partial charge < -0.3 is 15.3 Å². The van der Waals surface area contributed by atoms with Gasteiger partial charge in [-0.15, -0.1) is 0 Å². The van der Waals surface area contributed by atoms with Crippen LogP contribution in [0.2, 0.25) is 0 Å². The lowest BCUT2D eigenvalue weighted by Gasteiger charge is -2.36. The Kier molecular flexibility index (Phi) is 4.96. The maximum absolute atomic E-state index is 9.53. The van der Waals surface area contributed by atoms with Gasteiger partial charge in [0.1, 0.15) is 5.75 Å². The number of nitrogens with zero attached hydrogens (tertiary/aromatic N) is 1. The molecule has 1 heterocycles. The fourth-order valence-electron chi connectivity index (χ4n) is 3.18. The number of piperidine rings is 1. The fourth-order valence-corrected chi connectivity index (χ4v) is 3.18. The van der Waals surface area contributed by atoms with E-state index in [-0.39, 0.29) is 0 Å². The normalized spacial score (nSPS) is 15.6. The van der Waals surface area contributed by atoms with Crippen molar-refractivity contribution in [2.45, 2.75) is 25.3 Å². The molecule has 2 aromatic carbocycles. The molecule has 2 aromatic rings. The lowest BCUT2D eigenvalue weighted by atomic mass is 10.0. The molecule has 3 nitrogen and oxygen atoms in total. The maximum atomic E-state index is 9.53. The molecule has 0 amide bonds. The zero-order valence-corrected chi connectivity index (χ0v) is 12.9. The van der Waals surface area contributed by atoms with Crippen LogP contribution < -0.4 is 10.2 Å². The average Bonchev–Trinajstić information content (AvgIpc) is 2.58. The van der Waals surface area contributed by atoms with E-state index in [0.717, 1.165) is 26.1 Å². The van der Waals surface area contributed by atoms with Gasteiger partial charge in [0.25, 0.3) is 0 Å². The van der Waals surface area contributed by atoms with Crippen molar-refractivity contribution in [1.29, 1.82) is 0 Å². The Labute approximate surface area is 132 Å². The van der Waals surface area contributed by atoms with Gasteiger partial charge in [-0.25, -0.2) is 0 Å². The molecule has 0 atom stereocenters. The highest BCUT2D eigenvalue weighted by Gasteiger charge is 2.21. The number of aromatic hydroxyl groups is 1. The molecule has 0 radical (unpaired) electrons. The van der Waals surface area contributed by atoms with Gasteiger partial charge in [0, 0.05) is 18.3 Å². The summed E-state index contributed by atoms with van der Waals surface area (Å²) in [5, 5.41) is 13.0. The van der Waals surface area contributed by atoms with Gasteiger partial charge in [-0.3, -0.25) is 0 Å². The van der Waals surface area contributed by atoms with Crippen LogP contribution in [0.25, 0.3) is 0 Å². The van der Waals surface area contributed by atoms with E-state index in [1.165, 1.54) is 24.1 Å². The third-order valence-electron chi connectivity index (χ3n) is 4.42. The van der Waals surface area contributed by atoms with Crippen molar-refractivity contribution >= 4 is 5.69 Å². The second kappa shape index (κ2) is 7.32. The summed E-state index contributed by atoms with van der Waals surface area (Å²) in [6.45, 7) is 3.19. The summed E-state index contributed by atoms with van der Waals surface area (Å²) in [6, 6.07) is 18.9. The highest BCUT2D eigenvalue weighted by Crippen LogP contribution is 2.24. The zero-order chi connectivity index (χ0) is 15.2. The number of rotatable bonds is 5. The largest absolute Gasteiger partial charge is 0.508 e. The first-order valence-corrected chi connectivity index (χ1v) is 8.13. The number of hydrogen-bond donors (Lipinski definition) is 2. The minimum absolute atomic E-state index is 0.331. The number of anilines is 1. The van der Waals surface area contributed by atoms with E-state index >= 15 is 0 Å². The molecular weight excluding hydrogens is 272 g/mol. The summed E-state index contributed by atoms with van der Waals surface area (Å²) in [7, 11) is 0. The Balaban J connectivity index is 1.74. The first-order valence-electron chi connectivity index (χ1n) is 8.13. The van der Waals surface area contributed by atoms with Gasteiger partial charge in [-0.2, -0.15) is 0 Å². The summed E-state index contributed by atoms with van der Waals surface area (Å²) in [5.74, 6) is 0.331. The minimum Gasteiger partial charge on any atom is -0.508 e. The van der Waals surface area contributed by atoms with Crippen molar-refractivity contribution < 1.29 is 5.11 Å². The molecule has 116 valence electrons. The lowest BCUT2D eigenvalue weighted by Crippen LogP contribution is -2.44. The Bertz CT molecular complexity index is 562. The van der Waals surface area contributed by atoms with Gasteiger partial charge in [0.05, 0.1) is 0 Å². The first-order chi connectivity index (χ1) is 10.8. The summed E-state index contributed by atoms with van der Waals surface area (Å²) >= 11 is 0. The van der Waals surface area contributed by atoms with E-state index in [9.17, 15) is 5.11 Å². The maximum Gasteiger partial charge on any atom is 0.115 e. The molecule has 3 rings (SSSR count). The number of benzene rings is 2. The molecule has 0 bridgehead atoms.